The number of hydrogen-bond donors (Lipinski definition) is 2. The molecule has 0 heterocycles. The van der Waals surface area contributed by atoms with Gasteiger partial charge in [0.05, 0.1) is 31.0 Å². The van der Waals surface area contributed by atoms with Crippen molar-refractivity contribution < 1.29 is 23.9 Å². The summed E-state index contributed by atoms with van der Waals surface area (Å²) in [5, 5.41) is 5.29. The Morgan fingerprint density at radius 3 is 2.41 bits per heavy atom. The number of ether oxygens (including phenoxy) is 2. The van der Waals surface area contributed by atoms with E-state index >= 15 is 0 Å². The first-order valence-corrected chi connectivity index (χ1v) is 8.84. The topological polar surface area (TPSA) is 93.7 Å². The molecular weight excluding hydrogens is 416 g/mol. The molecular formula is C19H19BrN2O5. The molecule has 0 fully saturated rings. The molecule has 8 heteroatoms. The number of nitrogens with one attached hydrogen (secondary N) is 2. The molecule has 2 rings (SSSR count). The van der Waals surface area contributed by atoms with Crippen LogP contribution in [0.2, 0.25) is 0 Å². The Bertz CT molecular complexity index is 854. The maximum Gasteiger partial charge on any atom is 0.339 e. The van der Waals surface area contributed by atoms with Gasteiger partial charge in [-0.15, -0.1) is 0 Å². The lowest BCUT2D eigenvalue weighted by Crippen LogP contribution is -2.31. The summed E-state index contributed by atoms with van der Waals surface area (Å²) in [7, 11) is 2.48. The average Bonchev–Trinajstić information content (AvgIpc) is 2.66. The highest BCUT2D eigenvalue weighted by Gasteiger charge is 2.17. The Balaban J connectivity index is 2.05. The molecule has 2 aromatic rings. The van der Waals surface area contributed by atoms with E-state index in [1.165, 1.54) is 32.4 Å². The van der Waals surface area contributed by atoms with Crippen molar-refractivity contribution in [1.29, 1.82) is 0 Å². The number of carbonyl (C=O) groups excluding carboxylic acids is 3. The van der Waals surface area contributed by atoms with E-state index in [0.717, 1.165) is 10.0 Å². The van der Waals surface area contributed by atoms with Crippen molar-refractivity contribution in [2.45, 2.75) is 6.42 Å². The normalized spacial score (nSPS) is 10.0. The van der Waals surface area contributed by atoms with Gasteiger partial charge < -0.3 is 20.1 Å². The highest BCUT2D eigenvalue weighted by Crippen LogP contribution is 2.19. The number of esters is 2. The van der Waals surface area contributed by atoms with E-state index in [9.17, 15) is 14.4 Å². The van der Waals surface area contributed by atoms with Gasteiger partial charge in [-0.2, -0.15) is 0 Å². The molecule has 0 atom stereocenters. The molecule has 27 heavy (non-hydrogen) atoms. The van der Waals surface area contributed by atoms with Crippen molar-refractivity contribution in [3.05, 3.63) is 63.6 Å². The molecule has 0 saturated heterocycles. The van der Waals surface area contributed by atoms with Crippen molar-refractivity contribution >= 4 is 39.6 Å². The average molecular weight is 435 g/mol. The summed E-state index contributed by atoms with van der Waals surface area (Å²) in [5.74, 6) is -1.21. The summed E-state index contributed by atoms with van der Waals surface area (Å²) in [6, 6.07) is 11.5. The van der Waals surface area contributed by atoms with Crippen LogP contribution in [-0.2, 0) is 15.9 Å². The molecule has 0 bridgehead atoms. The first-order valence-electron chi connectivity index (χ1n) is 8.04. The molecule has 2 aromatic carbocycles. The number of benzene rings is 2. The molecule has 0 spiro atoms. The SMILES string of the molecule is COC(=O)c1ccc(C(=O)OC)c(NC(=O)NCCc2cccc(Br)c2)c1. The van der Waals surface area contributed by atoms with Crippen molar-refractivity contribution in [3.8, 4) is 0 Å². The van der Waals surface area contributed by atoms with Crippen LogP contribution in [-0.4, -0.2) is 38.7 Å². The van der Waals surface area contributed by atoms with Crippen molar-refractivity contribution in [2.75, 3.05) is 26.1 Å². The van der Waals surface area contributed by atoms with Gasteiger partial charge in [-0.1, -0.05) is 28.1 Å². The first kappa shape index (κ1) is 20.4. The fourth-order valence-electron chi connectivity index (χ4n) is 2.36. The highest BCUT2D eigenvalue weighted by molar-refractivity contribution is 9.10. The maximum atomic E-state index is 12.2. The van der Waals surface area contributed by atoms with Crippen LogP contribution in [0.25, 0.3) is 0 Å². The third-order valence-corrected chi connectivity index (χ3v) is 4.18. The number of amides is 2. The second kappa shape index (κ2) is 9.72. The van der Waals surface area contributed by atoms with Crippen LogP contribution in [0.3, 0.4) is 0 Å². The van der Waals surface area contributed by atoms with E-state index in [4.69, 9.17) is 4.74 Å². The Kier molecular flexibility index (Phi) is 7.36. The zero-order valence-corrected chi connectivity index (χ0v) is 16.5. The molecule has 0 radical (unpaired) electrons. The van der Waals surface area contributed by atoms with Crippen molar-refractivity contribution in [2.24, 2.45) is 0 Å². The van der Waals surface area contributed by atoms with Gasteiger partial charge in [0.15, 0.2) is 0 Å². The largest absolute Gasteiger partial charge is 0.465 e. The predicted octanol–water partition coefficient (Wildman–Crippen LogP) is 3.39. The number of anilines is 1. The fourth-order valence-corrected chi connectivity index (χ4v) is 2.81. The number of halogens is 1. The second-order valence-corrected chi connectivity index (χ2v) is 6.42. The molecule has 0 saturated carbocycles. The minimum Gasteiger partial charge on any atom is -0.465 e. The minimum absolute atomic E-state index is 0.132. The fraction of sp³-hybridized carbons (Fsp3) is 0.211. The summed E-state index contributed by atoms with van der Waals surface area (Å²) >= 11 is 3.40. The van der Waals surface area contributed by atoms with Gasteiger partial charge >= 0.3 is 18.0 Å². The van der Waals surface area contributed by atoms with Crippen LogP contribution >= 0.6 is 15.9 Å². The molecule has 2 amide bonds. The van der Waals surface area contributed by atoms with Crippen LogP contribution in [0, 0.1) is 0 Å². The molecule has 0 aliphatic heterocycles. The van der Waals surface area contributed by atoms with Crippen LogP contribution in [0.15, 0.2) is 46.9 Å². The van der Waals surface area contributed by atoms with E-state index in [0.29, 0.717) is 13.0 Å². The van der Waals surface area contributed by atoms with Crippen LogP contribution in [0.5, 0.6) is 0 Å². The Morgan fingerprint density at radius 2 is 1.74 bits per heavy atom. The first-order chi connectivity index (χ1) is 12.9. The highest BCUT2D eigenvalue weighted by atomic mass is 79.9. The van der Waals surface area contributed by atoms with Gasteiger partial charge in [0.2, 0.25) is 0 Å². The predicted molar refractivity (Wildman–Crippen MR) is 104 cm³/mol. The minimum atomic E-state index is -0.629. The lowest BCUT2D eigenvalue weighted by atomic mass is 10.1. The van der Waals surface area contributed by atoms with E-state index in [1.54, 1.807) is 0 Å². The molecule has 0 aromatic heterocycles. The summed E-state index contributed by atoms with van der Waals surface area (Å²) in [4.78, 5) is 35.8. The van der Waals surface area contributed by atoms with Gasteiger partial charge in [-0.05, 0) is 42.3 Å². The molecule has 0 aliphatic carbocycles. The van der Waals surface area contributed by atoms with Crippen molar-refractivity contribution in [1.82, 2.24) is 5.32 Å². The maximum absolute atomic E-state index is 12.2. The Morgan fingerprint density at radius 1 is 1.00 bits per heavy atom. The Labute approximate surface area is 165 Å². The molecule has 142 valence electrons. The smallest absolute Gasteiger partial charge is 0.339 e. The van der Waals surface area contributed by atoms with Gasteiger partial charge in [0.25, 0.3) is 0 Å². The molecule has 2 N–H and O–H groups in total. The number of urea groups is 1. The van der Waals surface area contributed by atoms with E-state index in [2.05, 4.69) is 31.3 Å². The quantitative estimate of drug-likeness (QED) is 0.679. The summed E-state index contributed by atoms with van der Waals surface area (Å²) < 4.78 is 10.3. The van der Waals surface area contributed by atoms with Crippen molar-refractivity contribution in [3.63, 3.8) is 0 Å². The zero-order valence-electron chi connectivity index (χ0n) is 14.9. The number of methoxy groups -OCH3 is 2. The summed E-state index contributed by atoms with van der Waals surface area (Å²) in [6.07, 6.45) is 0.638. The van der Waals surface area contributed by atoms with E-state index < -0.39 is 18.0 Å². The van der Waals surface area contributed by atoms with Gasteiger partial charge in [-0.25, -0.2) is 14.4 Å². The number of rotatable bonds is 6. The van der Waals surface area contributed by atoms with Crippen LogP contribution < -0.4 is 10.6 Å². The number of hydrogen-bond acceptors (Lipinski definition) is 5. The summed E-state index contributed by atoms with van der Waals surface area (Å²) in [6.45, 7) is 0.395. The van der Waals surface area contributed by atoms with Gasteiger partial charge in [-0.3, -0.25) is 0 Å². The lowest BCUT2D eigenvalue weighted by Gasteiger charge is -2.12. The third kappa shape index (κ3) is 5.82. The van der Waals surface area contributed by atoms with E-state index in [1.807, 2.05) is 24.3 Å². The molecule has 0 aliphatic rings. The van der Waals surface area contributed by atoms with Gasteiger partial charge in [0, 0.05) is 11.0 Å². The zero-order chi connectivity index (χ0) is 19.8. The van der Waals surface area contributed by atoms with Crippen LogP contribution in [0.1, 0.15) is 26.3 Å². The lowest BCUT2D eigenvalue weighted by molar-refractivity contribution is 0.0587. The third-order valence-electron chi connectivity index (χ3n) is 3.68. The number of carbonyl (C=O) groups is 3. The Hall–Kier alpha value is -2.87. The molecule has 7 nitrogen and oxygen atoms in total. The van der Waals surface area contributed by atoms with Crippen LogP contribution in [0.4, 0.5) is 10.5 Å². The van der Waals surface area contributed by atoms with E-state index in [-0.39, 0.29) is 16.8 Å². The standard InChI is InChI=1S/C19H19BrN2O5/c1-26-17(23)13-6-7-15(18(24)27-2)16(11-13)22-19(25)21-9-8-12-4-3-5-14(20)10-12/h3-7,10-11H,8-9H2,1-2H3,(H2,21,22,25). The monoisotopic (exact) mass is 434 g/mol. The second-order valence-electron chi connectivity index (χ2n) is 5.50. The van der Waals surface area contributed by atoms with Gasteiger partial charge in [0.1, 0.15) is 0 Å². The molecule has 0 unspecified atom stereocenters. The summed E-state index contributed by atoms with van der Waals surface area (Å²) in [5.41, 5.74) is 1.55.